The van der Waals surface area contributed by atoms with Crippen LogP contribution in [-0.2, 0) is 0 Å². The zero-order valence-electron chi connectivity index (χ0n) is 5.46. The monoisotopic (exact) mass is 274 g/mol. The third-order valence-electron chi connectivity index (χ3n) is 1.51. The molecule has 0 unspecified atom stereocenters. The van der Waals surface area contributed by atoms with Crippen molar-refractivity contribution in [1.29, 1.82) is 0 Å². The van der Waals surface area contributed by atoms with E-state index in [4.69, 9.17) is 0 Å². The second-order valence-electron chi connectivity index (χ2n) is 2.21. The zero-order chi connectivity index (χ0) is 7.84. The van der Waals surface area contributed by atoms with E-state index in [1.807, 2.05) is 12.1 Å². The van der Waals surface area contributed by atoms with E-state index in [1.165, 1.54) is 0 Å². The van der Waals surface area contributed by atoms with Crippen LogP contribution in [0.15, 0.2) is 23.3 Å². The minimum absolute atomic E-state index is 0.186. The van der Waals surface area contributed by atoms with Gasteiger partial charge in [-0.15, -0.1) is 0 Å². The normalized spacial score (nSPS) is 21.3. The number of nitrogens with zero attached hydrogens (tertiary/aromatic N) is 2. The third-order valence-corrected chi connectivity index (χ3v) is 3.69. The molecule has 0 bridgehead atoms. The average molecular weight is 276 g/mol. The number of rotatable bonds is 0. The number of fused-ring (bicyclic) bond motifs is 1. The van der Waals surface area contributed by atoms with Crippen molar-refractivity contribution in [1.82, 2.24) is 4.98 Å². The van der Waals surface area contributed by atoms with Gasteiger partial charge in [0.15, 0.2) is 5.82 Å². The Labute approximate surface area is 81.0 Å². The maximum atomic E-state index is 4.21. The number of aromatic nitrogens is 1. The fourth-order valence-electron chi connectivity index (χ4n) is 0.987. The molecule has 2 nitrogen and oxygen atoms in total. The third kappa shape index (κ3) is 1.14. The number of aliphatic imine (C=N–C) groups is 1. The molecule has 1 atom stereocenters. The molecule has 0 fully saturated rings. The number of halogens is 2. The van der Waals surface area contributed by atoms with Gasteiger partial charge in [0.25, 0.3) is 0 Å². The van der Waals surface area contributed by atoms with E-state index in [2.05, 4.69) is 41.8 Å². The van der Waals surface area contributed by atoms with Gasteiger partial charge in [0, 0.05) is 11.8 Å². The first-order valence-electron chi connectivity index (χ1n) is 3.12. The quantitative estimate of drug-likeness (QED) is 0.669. The molecule has 2 rings (SSSR count). The van der Waals surface area contributed by atoms with Gasteiger partial charge in [0.2, 0.25) is 0 Å². The number of hydrogen-bond acceptors (Lipinski definition) is 2. The van der Waals surface area contributed by atoms with Crippen molar-refractivity contribution in [2.45, 2.75) is 4.83 Å². The van der Waals surface area contributed by atoms with Crippen LogP contribution in [-0.4, -0.2) is 9.60 Å². The van der Waals surface area contributed by atoms with Gasteiger partial charge in [-0.05, 0) is 22.0 Å². The highest BCUT2D eigenvalue weighted by Crippen LogP contribution is 2.39. The predicted molar refractivity (Wildman–Crippen MR) is 51.9 cm³/mol. The minimum Gasteiger partial charge on any atom is -0.237 e. The Morgan fingerprint density at radius 2 is 2.27 bits per heavy atom. The van der Waals surface area contributed by atoms with Gasteiger partial charge in [0.05, 0.1) is 4.83 Å². The molecule has 0 amide bonds. The summed E-state index contributed by atoms with van der Waals surface area (Å²) in [5.41, 5.74) is 1.12. The van der Waals surface area contributed by atoms with E-state index in [9.17, 15) is 0 Å². The molecule has 2 heterocycles. The summed E-state index contributed by atoms with van der Waals surface area (Å²) in [4.78, 5) is 8.51. The van der Waals surface area contributed by atoms with Crippen molar-refractivity contribution in [3.05, 3.63) is 23.9 Å². The van der Waals surface area contributed by atoms with E-state index in [0.717, 1.165) is 16.0 Å². The van der Waals surface area contributed by atoms with Crippen LogP contribution < -0.4 is 0 Å². The Balaban J connectivity index is 2.58. The summed E-state index contributed by atoms with van der Waals surface area (Å²) < 4.78 is 0.895. The van der Waals surface area contributed by atoms with E-state index in [0.29, 0.717) is 0 Å². The van der Waals surface area contributed by atoms with E-state index >= 15 is 0 Å². The summed E-state index contributed by atoms with van der Waals surface area (Å²) in [5.74, 6) is 0.807. The summed E-state index contributed by atoms with van der Waals surface area (Å²) in [5, 5.41) is 0. The molecule has 1 aliphatic rings. The van der Waals surface area contributed by atoms with E-state index in [1.54, 1.807) is 6.20 Å². The molecule has 1 aliphatic heterocycles. The molecular weight excluding hydrogens is 272 g/mol. The number of hydrogen-bond donors (Lipinski definition) is 0. The maximum Gasteiger partial charge on any atom is 0.157 e. The van der Waals surface area contributed by atoms with Crippen LogP contribution in [0.2, 0.25) is 0 Å². The first-order valence-corrected chi connectivity index (χ1v) is 4.83. The van der Waals surface area contributed by atoms with Gasteiger partial charge in [0.1, 0.15) is 4.62 Å². The summed E-state index contributed by atoms with van der Waals surface area (Å²) in [6.45, 7) is 0. The molecule has 11 heavy (non-hydrogen) atoms. The zero-order valence-corrected chi connectivity index (χ0v) is 8.63. The molecule has 0 saturated heterocycles. The van der Waals surface area contributed by atoms with Crippen molar-refractivity contribution in [2.75, 3.05) is 0 Å². The molecule has 56 valence electrons. The summed E-state index contributed by atoms with van der Waals surface area (Å²) in [6, 6.07) is 3.92. The topological polar surface area (TPSA) is 25.2 Å². The van der Waals surface area contributed by atoms with Crippen LogP contribution in [0.5, 0.6) is 0 Å². The van der Waals surface area contributed by atoms with Crippen LogP contribution in [0.4, 0.5) is 5.82 Å². The maximum absolute atomic E-state index is 4.21. The highest BCUT2D eigenvalue weighted by molar-refractivity contribution is 9.20. The predicted octanol–water partition coefficient (Wildman–Crippen LogP) is 2.96. The van der Waals surface area contributed by atoms with E-state index in [-0.39, 0.29) is 4.83 Å². The molecule has 0 spiro atoms. The lowest BCUT2D eigenvalue weighted by Crippen LogP contribution is -1.90. The van der Waals surface area contributed by atoms with Crippen LogP contribution in [0.3, 0.4) is 0 Å². The largest absolute Gasteiger partial charge is 0.237 e. The lowest BCUT2D eigenvalue weighted by molar-refractivity contribution is 1.25. The Morgan fingerprint density at radius 1 is 1.45 bits per heavy atom. The minimum atomic E-state index is 0.186. The number of alkyl halides is 1. The smallest absolute Gasteiger partial charge is 0.157 e. The average Bonchev–Trinajstić information content (AvgIpc) is 2.30. The Hall–Kier alpha value is -0.220. The second-order valence-corrected chi connectivity index (χ2v) is 3.94. The fraction of sp³-hybridized carbons (Fsp3) is 0.143. The van der Waals surface area contributed by atoms with Gasteiger partial charge < -0.3 is 0 Å². The Morgan fingerprint density at radius 3 is 3.00 bits per heavy atom. The number of pyridine rings is 1. The molecule has 4 heteroatoms. The van der Waals surface area contributed by atoms with Crippen LogP contribution >= 0.6 is 31.9 Å². The van der Waals surface area contributed by atoms with Crippen molar-refractivity contribution in [3.63, 3.8) is 0 Å². The molecule has 1 aromatic rings. The molecule has 0 radical (unpaired) electrons. The molecular formula is C7H4Br2N2. The van der Waals surface area contributed by atoms with Gasteiger partial charge in [-0.25, -0.2) is 9.98 Å². The summed E-state index contributed by atoms with van der Waals surface area (Å²) in [6.07, 6.45) is 1.74. The molecule has 1 aromatic heterocycles. The highest BCUT2D eigenvalue weighted by atomic mass is 79.9. The van der Waals surface area contributed by atoms with Crippen molar-refractivity contribution in [2.24, 2.45) is 4.99 Å². The lowest BCUT2D eigenvalue weighted by Gasteiger charge is -1.98. The van der Waals surface area contributed by atoms with Crippen molar-refractivity contribution in [3.8, 4) is 0 Å². The van der Waals surface area contributed by atoms with Gasteiger partial charge in [-0.1, -0.05) is 22.0 Å². The first kappa shape index (κ1) is 7.43. The van der Waals surface area contributed by atoms with Crippen LogP contribution in [0.25, 0.3) is 0 Å². The molecule has 0 N–H and O–H groups in total. The molecule has 0 saturated carbocycles. The van der Waals surface area contributed by atoms with E-state index < -0.39 is 0 Å². The van der Waals surface area contributed by atoms with Crippen molar-refractivity contribution < 1.29 is 0 Å². The van der Waals surface area contributed by atoms with Gasteiger partial charge >= 0.3 is 0 Å². The molecule has 0 aromatic carbocycles. The summed E-state index contributed by atoms with van der Waals surface area (Å²) in [7, 11) is 0. The van der Waals surface area contributed by atoms with Crippen LogP contribution in [0, 0.1) is 0 Å². The van der Waals surface area contributed by atoms with Crippen LogP contribution in [0.1, 0.15) is 10.4 Å². The Bertz CT molecular complexity index is 322. The Kier molecular flexibility index (Phi) is 1.81. The highest BCUT2D eigenvalue weighted by Gasteiger charge is 2.22. The lowest BCUT2D eigenvalue weighted by atomic mass is 10.2. The standard InChI is InChI=1S/C7H4Br2N2/c8-5-4-2-1-3-10-7(4)11-6(5)9/h1-3,5H/t5-/m1/s1. The first-order chi connectivity index (χ1) is 5.29. The second kappa shape index (κ2) is 2.68. The fourth-order valence-corrected chi connectivity index (χ4v) is 1.86. The summed E-state index contributed by atoms with van der Waals surface area (Å²) >= 11 is 6.83. The van der Waals surface area contributed by atoms with Gasteiger partial charge in [-0.3, -0.25) is 0 Å². The SMILES string of the molecule is BrC1=Nc2ncccc2[C@H]1Br. The van der Waals surface area contributed by atoms with Gasteiger partial charge in [-0.2, -0.15) is 0 Å². The molecule has 0 aliphatic carbocycles. The van der Waals surface area contributed by atoms with Crippen molar-refractivity contribution >= 4 is 42.3 Å².